The van der Waals surface area contributed by atoms with Gasteiger partial charge < -0.3 is 29.8 Å². The van der Waals surface area contributed by atoms with Gasteiger partial charge in [-0.05, 0) is 34.7 Å². The molecule has 10 heteroatoms. The molecule has 1 aromatic heterocycles. The summed E-state index contributed by atoms with van der Waals surface area (Å²) >= 11 is 12.5. The number of urea groups is 1. The first-order valence-electron chi connectivity index (χ1n) is 13.9. The molecule has 42 heavy (non-hydrogen) atoms. The standard InChI is InChI=1S/C32H34Cl2N4O4/c1-3-35-32(40)36-16-25-6-4-5-7-26(25)22-12-14-24(15-13-22)31-41-27(17-38-19-37-29(33)30(38)34)20(2)28(42-31)23-10-8-21(18-39)9-11-23/h4-15,19-20,27-28,31,39H,3,16-18H2,1-2H3,(H2,35,36,40). The first-order chi connectivity index (χ1) is 20.4. The van der Waals surface area contributed by atoms with Crippen molar-refractivity contribution in [1.29, 1.82) is 0 Å². The Labute approximate surface area is 255 Å². The lowest BCUT2D eigenvalue weighted by molar-refractivity contribution is -0.276. The summed E-state index contributed by atoms with van der Waals surface area (Å²) in [6.07, 6.45) is 0.466. The lowest BCUT2D eigenvalue weighted by Gasteiger charge is -2.41. The molecule has 0 saturated carbocycles. The molecular weight excluding hydrogens is 575 g/mol. The predicted molar refractivity (Wildman–Crippen MR) is 163 cm³/mol. The molecule has 4 aromatic rings. The molecule has 5 rings (SSSR count). The Kier molecular flexibility index (Phi) is 9.82. The van der Waals surface area contributed by atoms with Crippen LogP contribution >= 0.6 is 23.2 Å². The van der Waals surface area contributed by atoms with Crippen LogP contribution in [0.5, 0.6) is 0 Å². The van der Waals surface area contributed by atoms with E-state index in [4.69, 9.17) is 32.7 Å². The molecule has 3 N–H and O–H groups in total. The van der Waals surface area contributed by atoms with E-state index in [1.54, 1.807) is 10.9 Å². The first-order valence-corrected chi connectivity index (χ1v) is 14.7. The molecule has 0 aliphatic carbocycles. The number of nitrogens with zero attached hydrogens (tertiary/aromatic N) is 2. The summed E-state index contributed by atoms with van der Waals surface area (Å²) in [5.41, 5.74) is 5.77. The molecule has 1 fully saturated rings. The second-order valence-corrected chi connectivity index (χ2v) is 11.0. The van der Waals surface area contributed by atoms with Crippen molar-refractivity contribution in [2.24, 2.45) is 5.92 Å². The van der Waals surface area contributed by atoms with E-state index in [0.717, 1.165) is 33.4 Å². The molecule has 0 bridgehead atoms. The van der Waals surface area contributed by atoms with Crippen LogP contribution in [-0.2, 0) is 29.2 Å². The number of carbonyl (C=O) groups is 1. The van der Waals surface area contributed by atoms with Crippen molar-refractivity contribution in [1.82, 2.24) is 20.2 Å². The Morgan fingerprint density at radius 3 is 2.36 bits per heavy atom. The van der Waals surface area contributed by atoms with Crippen LogP contribution in [0.1, 0.15) is 48.5 Å². The normalized spacial score (nSPS) is 20.3. The lowest BCUT2D eigenvalue weighted by Crippen LogP contribution is -2.39. The Balaban J connectivity index is 1.40. The van der Waals surface area contributed by atoms with Gasteiger partial charge in [-0.25, -0.2) is 9.78 Å². The summed E-state index contributed by atoms with van der Waals surface area (Å²) in [7, 11) is 0. The van der Waals surface area contributed by atoms with Crippen molar-refractivity contribution in [3.63, 3.8) is 0 Å². The van der Waals surface area contributed by atoms with E-state index in [9.17, 15) is 9.90 Å². The lowest BCUT2D eigenvalue weighted by atomic mass is 9.90. The fraction of sp³-hybridized carbons (Fsp3) is 0.312. The minimum absolute atomic E-state index is 0.0208. The van der Waals surface area contributed by atoms with Crippen molar-refractivity contribution in [3.05, 3.63) is 112 Å². The molecule has 2 heterocycles. The second-order valence-electron chi connectivity index (χ2n) is 10.3. The van der Waals surface area contributed by atoms with Crippen LogP contribution in [0.4, 0.5) is 4.79 Å². The average Bonchev–Trinajstić information content (AvgIpc) is 3.33. The zero-order chi connectivity index (χ0) is 29.6. The number of amides is 2. The number of aromatic nitrogens is 2. The van der Waals surface area contributed by atoms with Crippen LogP contribution in [0.2, 0.25) is 10.3 Å². The maximum Gasteiger partial charge on any atom is 0.315 e. The largest absolute Gasteiger partial charge is 0.392 e. The number of benzene rings is 3. The SMILES string of the molecule is CCNC(=O)NCc1ccccc1-c1ccc(C2OC(Cn3cnc(Cl)c3Cl)C(C)C(c3ccc(CO)cc3)O2)cc1. The highest BCUT2D eigenvalue weighted by Crippen LogP contribution is 2.42. The molecule has 4 atom stereocenters. The van der Waals surface area contributed by atoms with Gasteiger partial charge in [-0.15, -0.1) is 0 Å². The van der Waals surface area contributed by atoms with E-state index in [1.165, 1.54) is 0 Å². The summed E-state index contributed by atoms with van der Waals surface area (Å²) in [5.74, 6) is -0.0259. The third-order valence-electron chi connectivity index (χ3n) is 7.52. The molecule has 0 spiro atoms. The van der Waals surface area contributed by atoms with Crippen LogP contribution in [0.15, 0.2) is 79.1 Å². The van der Waals surface area contributed by atoms with Gasteiger partial charge in [0.15, 0.2) is 11.4 Å². The number of aliphatic hydroxyl groups is 1. The third kappa shape index (κ3) is 6.80. The number of carbonyl (C=O) groups excluding carboxylic acids is 1. The van der Waals surface area contributed by atoms with Crippen LogP contribution in [-0.4, -0.2) is 33.3 Å². The number of aliphatic hydroxyl groups excluding tert-OH is 1. The topological polar surface area (TPSA) is 97.6 Å². The summed E-state index contributed by atoms with van der Waals surface area (Å²) in [6.45, 7) is 5.39. The number of ether oxygens (including phenoxy) is 2. The van der Waals surface area contributed by atoms with E-state index in [1.807, 2.05) is 79.7 Å². The molecule has 3 aromatic carbocycles. The van der Waals surface area contributed by atoms with E-state index >= 15 is 0 Å². The summed E-state index contributed by atoms with van der Waals surface area (Å²) < 4.78 is 14.9. The maximum atomic E-state index is 11.9. The van der Waals surface area contributed by atoms with Crippen molar-refractivity contribution < 1.29 is 19.4 Å². The molecule has 2 amide bonds. The molecule has 220 valence electrons. The van der Waals surface area contributed by atoms with Gasteiger partial charge in [0, 0.05) is 24.6 Å². The highest BCUT2D eigenvalue weighted by molar-refractivity contribution is 6.40. The van der Waals surface area contributed by atoms with Gasteiger partial charge in [-0.3, -0.25) is 0 Å². The van der Waals surface area contributed by atoms with E-state index in [0.29, 0.717) is 24.8 Å². The predicted octanol–water partition coefficient (Wildman–Crippen LogP) is 6.66. The summed E-state index contributed by atoms with van der Waals surface area (Å²) in [6, 6.07) is 23.7. The van der Waals surface area contributed by atoms with Gasteiger partial charge in [0.1, 0.15) is 5.15 Å². The average molecular weight is 610 g/mol. The molecule has 0 radical (unpaired) electrons. The van der Waals surface area contributed by atoms with Gasteiger partial charge in [-0.1, -0.05) is 103 Å². The van der Waals surface area contributed by atoms with Gasteiger partial charge in [0.05, 0.1) is 31.7 Å². The van der Waals surface area contributed by atoms with Crippen molar-refractivity contribution in [2.75, 3.05) is 6.54 Å². The summed E-state index contributed by atoms with van der Waals surface area (Å²) in [5, 5.41) is 15.8. The van der Waals surface area contributed by atoms with Crippen LogP contribution in [0.25, 0.3) is 11.1 Å². The Hall–Kier alpha value is -3.40. The van der Waals surface area contributed by atoms with Crippen molar-refractivity contribution in [2.45, 2.75) is 52.0 Å². The van der Waals surface area contributed by atoms with Gasteiger partial charge in [0.2, 0.25) is 0 Å². The number of rotatable bonds is 9. The fourth-order valence-electron chi connectivity index (χ4n) is 5.17. The number of imidazole rings is 1. The van der Waals surface area contributed by atoms with E-state index in [-0.39, 0.29) is 35.9 Å². The van der Waals surface area contributed by atoms with E-state index in [2.05, 4.69) is 22.5 Å². The second kappa shape index (κ2) is 13.7. The number of halogens is 2. The summed E-state index contributed by atoms with van der Waals surface area (Å²) in [4.78, 5) is 16.1. The monoisotopic (exact) mass is 608 g/mol. The minimum Gasteiger partial charge on any atom is -0.392 e. The Morgan fingerprint density at radius 1 is 0.976 bits per heavy atom. The van der Waals surface area contributed by atoms with Crippen LogP contribution in [0.3, 0.4) is 0 Å². The minimum atomic E-state index is -0.629. The fourth-order valence-corrected chi connectivity index (χ4v) is 5.48. The van der Waals surface area contributed by atoms with Gasteiger partial charge in [-0.2, -0.15) is 0 Å². The Morgan fingerprint density at radius 2 is 1.69 bits per heavy atom. The number of hydrogen-bond acceptors (Lipinski definition) is 5. The molecule has 1 saturated heterocycles. The Bertz CT molecular complexity index is 1490. The zero-order valence-electron chi connectivity index (χ0n) is 23.5. The molecule has 4 unspecified atom stereocenters. The van der Waals surface area contributed by atoms with Crippen LogP contribution in [0, 0.1) is 5.92 Å². The van der Waals surface area contributed by atoms with E-state index < -0.39 is 6.29 Å². The third-order valence-corrected chi connectivity index (χ3v) is 8.29. The molecule has 1 aliphatic heterocycles. The highest BCUT2D eigenvalue weighted by atomic mass is 35.5. The van der Waals surface area contributed by atoms with Crippen molar-refractivity contribution >= 4 is 29.2 Å². The number of nitrogens with one attached hydrogen (secondary N) is 2. The molecular formula is C32H34Cl2N4O4. The molecule has 1 aliphatic rings. The smallest absolute Gasteiger partial charge is 0.315 e. The van der Waals surface area contributed by atoms with Gasteiger partial charge in [0.25, 0.3) is 0 Å². The zero-order valence-corrected chi connectivity index (χ0v) is 25.0. The number of hydrogen-bond donors (Lipinski definition) is 3. The highest BCUT2D eigenvalue weighted by Gasteiger charge is 2.38. The van der Waals surface area contributed by atoms with Gasteiger partial charge >= 0.3 is 6.03 Å². The van der Waals surface area contributed by atoms with Crippen LogP contribution < -0.4 is 10.6 Å². The van der Waals surface area contributed by atoms with Crippen molar-refractivity contribution in [3.8, 4) is 11.1 Å². The maximum absolute atomic E-state index is 11.9. The first kappa shape index (κ1) is 30.1. The molecule has 8 nitrogen and oxygen atoms in total. The quantitative estimate of drug-likeness (QED) is 0.197.